The molecule has 1 rings (SSSR count). The molecule has 0 fully saturated rings. The summed E-state index contributed by atoms with van der Waals surface area (Å²) in [7, 11) is 0. The Kier molecular flexibility index (Phi) is 5.11. The van der Waals surface area contributed by atoms with Crippen molar-refractivity contribution in [2.24, 2.45) is 5.92 Å². The van der Waals surface area contributed by atoms with Gasteiger partial charge in [0.2, 0.25) is 5.91 Å². The number of rotatable bonds is 6. The number of aromatic nitrogens is 1. The molecular weight excluding hydrogens is 248 g/mol. The van der Waals surface area contributed by atoms with Crippen LogP contribution in [0.5, 0.6) is 0 Å². The molecule has 5 N–H and O–H groups in total. The maximum absolute atomic E-state index is 11.5. The number of amides is 1. The van der Waals surface area contributed by atoms with Crippen LogP contribution in [0.3, 0.4) is 0 Å². The average molecular weight is 266 g/mol. The third-order valence-electron chi connectivity index (χ3n) is 2.34. The number of nitrogens with one attached hydrogen (secondary N) is 2. The quantitative estimate of drug-likeness (QED) is 0.597. The Morgan fingerprint density at radius 2 is 2.16 bits per heavy atom. The van der Waals surface area contributed by atoms with Crippen molar-refractivity contribution in [3.8, 4) is 0 Å². The number of hydrogen-bond acceptors (Lipinski definition) is 5. The molecule has 0 atom stereocenters. The lowest BCUT2D eigenvalue weighted by atomic mass is 10.2. The van der Waals surface area contributed by atoms with Gasteiger partial charge in [0.05, 0.1) is 17.8 Å². The van der Waals surface area contributed by atoms with E-state index in [4.69, 9.17) is 10.8 Å². The van der Waals surface area contributed by atoms with E-state index in [9.17, 15) is 9.59 Å². The molecule has 0 spiro atoms. The van der Waals surface area contributed by atoms with Crippen LogP contribution in [0, 0.1) is 5.92 Å². The van der Waals surface area contributed by atoms with Crippen molar-refractivity contribution >= 4 is 23.4 Å². The van der Waals surface area contributed by atoms with E-state index in [-0.39, 0.29) is 29.5 Å². The van der Waals surface area contributed by atoms with Crippen LogP contribution in [0.1, 0.15) is 24.2 Å². The normalized spacial score (nSPS) is 10.3. The van der Waals surface area contributed by atoms with E-state index in [0.717, 1.165) is 0 Å². The van der Waals surface area contributed by atoms with Crippen LogP contribution in [-0.2, 0) is 4.79 Å². The van der Waals surface area contributed by atoms with E-state index >= 15 is 0 Å². The molecule has 0 aliphatic heterocycles. The first-order chi connectivity index (χ1) is 8.91. The number of nitrogen functional groups attached to an aromatic ring is 1. The predicted octanol–water partition coefficient (Wildman–Crippen LogP) is 0.546. The number of nitrogens with zero attached hydrogens (tertiary/aromatic N) is 1. The molecular formula is C12H18N4O3. The van der Waals surface area contributed by atoms with Gasteiger partial charge in [-0.1, -0.05) is 13.8 Å². The maximum Gasteiger partial charge on any atom is 0.337 e. The van der Waals surface area contributed by atoms with Crippen molar-refractivity contribution in [3.05, 3.63) is 17.8 Å². The van der Waals surface area contributed by atoms with Crippen LogP contribution >= 0.6 is 0 Å². The smallest absolute Gasteiger partial charge is 0.337 e. The molecule has 0 aromatic carbocycles. The van der Waals surface area contributed by atoms with Crippen LogP contribution in [0.25, 0.3) is 0 Å². The van der Waals surface area contributed by atoms with E-state index in [1.165, 1.54) is 12.3 Å². The summed E-state index contributed by atoms with van der Waals surface area (Å²) < 4.78 is 0. The molecule has 1 amide bonds. The standard InChI is InChI=1S/C12H18N4O3/c1-7(2)5-15-9(17)6-16-11-10(13)8(12(18)19)3-4-14-11/h3-4,7H,5-6,13H2,1-2H3,(H,14,16)(H,15,17)(H,18,19). The largest absolute Gasteiger partial charge is 0.478 e. The van der Waals surface area contributed by atoms with Crippen molar-refractivity contribution in [1.82, 2.24) is 10.3 Å². The number of carbonyl (C=O) groups is 2. The molecule has 0 bridgehead atoms. The van der Waals surface area contributed by atoms with Gasteiger partial charge in [0.25, 0.3) is 0 Å². The summed E-state index contributed by atoms with van der Waals surface area (Å²) >= 11 is 0. The molecule has 104 valence electrons. The Hall–Kier alpha value is -2.31. The molecule has 0 aliphatic rings. The van der Waals surface area contributed by atoms with E-state index < -0.39 is 5.97 Å². The Labute approximate surface area is 111 Å². The zero-order chi connectivity index (χ0) is 14.4. The maximum atomic E-state index is 11.5. The SMILES string of the molecule is CC(C)CNC(=O)CNc1nccc(C(=O)O)c1N. The van der Waals surface area contributed by atoms with Gasteiger partial charge in [-0.15, -0.1) is 0 Å². The van der Waals surface area contributed by atoms with Crippen LogP contribution in [0.2, 0.25) is 0 Å². The third kappa shape index (κ3) is 4.46. The molecule has 1 aromatic rings. The third-order valence-corrected chi connectivity index (χ3v) is 2.34. The lowest BCUT2D eigenvalue weighted by Crippen LogP contribution is -2.32. The van der Waals surface area contributed by atoms with Crippen LogP contribution in [0.15, 0.2) is 12.3 Å². The second-order valence-corrected chi connectivity index (χ2v) is 4.48. The fourth-order valence-corrected chi connectivity index (χ4v) is 1.35. The summed E-state index contributed by atoms with van der Waals surface area (Å²) in [5.74, 6) is -0.773. The summed E-state index contributed by atoms with van der Waals surface area (Å²) in [6, 6.07) is 1.31. The van der Waals surface area contributed by atoms with E-state index in [1.54, 1.807) is 0 Å². The minimum atomic E-state index is -1.13. The molecule has 19 heavy (non-hydrogen) atoms. The molecule has 0 radical (unpaired) electrons. The summed E-state index contributed by atoms with van der Waals surface area (Å²) in [6.45, 7) is 4.55. The van der Waals surface area contributed by atoms with Gasteiger partial charge in [-0.25, -0.2) is 9.78 Å². The highest BCUT2D eigenvalue weighted by molar-refractivity contribution is 5.96. The van der Waals surface area contributed by atoms with Crippen molar-refractivity contribution in [2.75, 3.05) is 24.1 Å². The number of carboxylic acids is 1. The Morgan fingerprint density at radius 3 is 2.74 bits per heavy atom. The zero-order valence-corrected chi connectivity index (χ0v) is 10.9. The summed E-state index contributed by atoms with van der Waals surface area (Å²) in [4.78, 5) is 26.3. The first-order valence-electron chi connectivity index (χ1n) is 5.90. The van der Waals surface area contributed by atoms with Crippen molar-refractivity contribution in [1.29, 1.82) is 0 Å². The Bertz CT molecular complexity index is 474. The van der Waals surface area contributed by atoms with Gasteiger partial charge in [-0.2, -0.15) is 0 Å². The van der Waals surface area contributed by atoms with Gasteiger partial charge in [0.15, 0.2) is 0 Å². The number of aromatic carboxylic acids is 1. The molecule has 7 nitrogen and oxygen atoms in total. The Morgan fingerprint density at radius 1 is 1.47 bits per heavy atom. The highest BCUT2D eigenvalue weighted by atomic mass is 16.4. The molecule has 0 saturated heterocycles. The highest BCUT2D eigenvalue weighted by Gasteiger charge is 2.12. The van der Waals surface area contributed by atoms with Gasteiger partial charge in [-0.3, -0.25) is 4.79 Å². The summed E-state index contributed by atoms with van der Waals surface area (Å²) in [6.07, 6.45) is 1.33. The number of nitrogens with two attached hydrogens (primary N) is 1. The van der Waals surface area contributed by atoms with Gasteiger partial charge in [-0.05, 0) is 12.0 Å². The molecule has 0 unspecified atom stereocenters. The monoisotopic (exact) mass is 266 g/mol. The van der Waals surface area contributed by atoms with Gasteiger partial charge < -0.3 is 21.5 Å². The lowest BCUT2D eigenvalue weighted by molar-refractivity contribution is -0.119. The first-order valence-corrected chi connectivity index (χ1v) is 5.90. The second-order valence-electron chi connectivity index (χ2n) is 4.48. The number of hydrogen-bond donors (Lipinski definition) is 4. The molecule has 0 saturated carbocycles. The minimum Gasteiger partial charge on any atom is -0.478 e. The van der Waals surface area contributed by atoms with E-state index in [2.05, 4.69) is 15.6 Å². The molecule has 0 aliphatic carbocycles. The molecule has 1 heterocycles. The van der Waals surface area contributed by atoms with Gasteiger partial charge in [0, 0.05) is 12.7 Å². The molecule has 7 heteroatoms. The van der Waals surface area contributed by atoms with Crippen molar-refractivity contribution in [3.63, 3.8) is 0 Å². The van der Waals surface area contributed by atoms with Gasteiger partial charge >= 0.3 is 5.97 Å². The van der Waals surface area contributed by atoms with Crippen LogP contribution in [-0.4, -0.2) is 35.1 Å². The number of pyridine rings is 1. The average Bonchev–Trinajstić information content (AvgIpc) is 2.34. The minimum absolute atomic E-state index is 0.00695. The number of carboxylic acid groups (broad SMARTS) is 1. The number of anilines is 2. The lowest BCUT2D eigenvalue weighted by Gasteiger charge is -2.11. The van der Waals surface area contributed by atoms with Crippen molar-refractivity contribution in [2.45, 2.75) is 13.8 Å². The Balaban J connectivity index is 2.61. The van der Waals surface area contributed by atoms with Crippen LogP contribution in [0.4, 0.5) is 11.5 Å². The van der Waals surface area contributed by atoms with E-state index in [0.29, 0.717) is 12.5 Å². The van der Waals surface area contributed by atoms with Crippen molar-refractivity contribution < 1.29 is 14.7 Å². The summed E-state index contributed by atoms with van der Waals surface area (Å²) in [5, 5.41) is 14.3. The number of carbonyl (C=O) groups excluding carboxylic acids is 1. The van der Waals surface area contributed by atoms with E-state index in [1.807, 2.05) is 13.8 Å². The molecule has 1 aromatic heterocycles. The fraction of sp³-hybridized carbons (Fsp3) is 0.417. The fourth-order valence-electron chi connectivity index (χ4n) is 1.35. The summed E-state index contributed by atoms with van der Waals surface area (Å²) in [5.41, 5.74) is 5.63. The highest BCUT2D eigenvalue weighted by Crippen LogP contribution is 2.19. The topological polar surface area (TPSA) is 117 Å². The second kappa shape index (κ2) is 6.58. The van der Waals surface area contributed by atoms with Crippen LogP contribution < -0.4 is 16.4 Å². The predicted molar refractivity (Wildman–Crippen MR) is 71.9 cm³/mol. The first kappa shape index (κ1) is 14.7. The zero-order valence-electron chi connectivity index (χ0n) is 10.9. The van der Waals surface area contributed by atoms with Gasteiger partial charge in [0.1, 0.15) is 5.82 Å².